The molecule has 152 valence electrons. The maximum atomic E-state index is 14.0. The number of nitrogen functional groups attached to an aromatic ring is 1. The number of rotatable bonds is 4. The lowest BCUT2D eigenvalue weighted by Gasteiger charge is -2.41. The molecule has 0 bridgehead atoms. The molecule has 0 aliphatic carbocycles. The molecule has 0 spiro atoms. The van der Waals surface area contributed by atoms with Crippen molar-refractivity contribution in [1.82, 2.24) is 14.5 Å². The van der Waals surface area contributed by atoms with E-state index < -0.39 is 11.6 Å². The second-order valence-electron chi connectivity index (χ2n) is 6.85. The Bertz CT molecular complexity index is 1000. The van der Waals surface area contributed by atoms with Crippen LogP contribution < -0.4 is 16.4 Å². The highest BCUT2D eigenvalue weighted by atomic mass is 19.1. The van der Waals surface area contributed by atoms with Gasteiger partial charge >= 0.3 is 0 Å². The number of nitrogens with zero attached hydrogens (tertiary/aromatic N) is 4. The molecule has 4 rings (SSSR count). The monoisotopic (exact) mass is 400 g/mol. The molecule has 7 nitrogen and oxygen atoms in total. The maximum Gasteiger partial charge on any atom is 0.204 e. The van der Waals surface area contributed by atoms with E-state index in [1.54, 1.807) is 12.1 Å². The minimum absolute atomic E-state index is 0.250. The van der Waals surface area contributed by atoms with E-state index >= 15 is 0 Å². The molecule has 0 saturated carbocycles. The van der Waals surface area contributed by atoms with Gasteiger partial charge in [-0.05, 0) is 31.2 Å². The highest BCUT2D eigenvalue weighted by Crippen LogP contribution is 2.32. The van der Waals surface area contributed by atoms with Crippen LogP contribution in [-0.2, 0) is 11.3 Å². The third-order valence-electron chi connectivity index (χ3n) is 4.60. The Labute approximate surface area is 167 Å². The zero-order valence-corrected chi connectivity index (χ0v) is 15.9. The number of halogens is 2. The summed E-state index contributed by atoms with van der Waals surface area (Å²) in [6, 6.07) is 6.85. The first-order chi connectivity index (χ1) is 13.9. The molecule has 1 aliphatic rings. The van der Waals surface area contributed by atoms with Crippen molar-refractivity contribution in [3.05, 3.63) is 60.2 Å². The number of hydrogen-bond acceptors (Lipinski definition) is 5. The van der Waals surface area contributed by atoms with Crippen LogP contribution in [0.4, 0.5) is 20.3 Å². The number of benzene rings is 1. The molecule has 0 atom stereocenters. The van der Waals surface area contributed by atoms with E-state index in [-0.39, 0.29) is 12.0 Å². The zero-order chi connectivity index (χ0) is 21.0. The quantitative estimate of drug-likeness (QED) is 0.655. The summed E-state index contributed by atoms with van der Waals surface area (Å²) in [6.45, 7) is 4.51. The van der Waals surface area contributed by atoms with Gasteiger partial charge in [0.25, 0.3) is 0 Å². The number of primary amides is 1. The number of aryl methyl sites for hydroxylation is 1. The molecule has 0 radical (unpaired) electrons. The Balaban J connectivity index is 0.000000755. The van der Waals surface area contributed by atoms with Gasteiger partial charge in [-0.1, -0.05) is 0 Å². The van der Waals surface area contributed by atoms with Crippen molar-refractivity contribution < 1.29 is 13.6 Å². The molecular formula is C20H22F2N6O. The second-order valence-corrected chi connectivity index (χ2v) is 6.85. The van der Waals surface area contributed by atoms with Crippen LogP contribution >= 0.6 is 0 Å². The summed E-state index contributed by atoms with van der Waals surface area (Å²) in [5.41, 5.74) is 12.5. The highest BCUT2D eigenvalue weighted by molar-refractivity contribution is 5.71. The van der Waals surface area contributed by atoms with Crippen molar-refractivity contribution >= 4 is 17.9 Å². The third kappa shape index (κ3) is 4.68. The topological polar surface area (TPSA) is 103 Å². The fourth-order valence-electron chi connectivity index (χ4n) is 3.29. The van der Waals surface area contributed by atoms with Crippen LogP contribution in [0.25, 0.3) is 11.3 Å². The first kappa shape index (κ1) is 20.2. The first-order valence-electron chi connectivity index (χ1n) is 9.02. The lowest BCUT2D eigenvalue weighted by molar-refractivity contribution is -0.106. The molecule has 0 unspecified atom stereocenters. The Morgan fingerprint density at radius 3 is 2.59 bits per heavy atom. The van der Waals surface area contributed by atoms with Crippen LogP contribution in [0.5, 0.6) is 0 Å². The number of anilines is 2. The van der Waals surface area contributed by atoms with Crippen molar-refractivity contribution in [2.24, 2.45) is 11.7 Å². The van der Waals surface area contributed by atoms with Crippen molar-refractivity contribution in [3.63, 3.8) is 0 Å². The van der Waals surface area contributed by atoms with Gasteiger partial charge in [0, 0.05) is 43.4 Å². The van der Waals surface area contributed by atoms with Crippen LogP contribution in [0.3, 0.4) is 0 Å². The molecule has 1 fully saturated rings. The second kappa shape index (κ2) is 8.68. The summed E-state index contributed by atoms with van der Waals surface area (Å²) in [5, 5.41) is 0. The van der Waals surface area contributed by atoms with E-state index in [2.05, 4.69) is 25.2 Å². The SMILES string of the molecule is Cc1cn(CC2CN(c3nc(-c4ccc(F)cc4F)ccc3N)C2)cn1.NC=O. The fraction of sp³-hybridized carbons (Fsp3) is 0.250. The average Bonchev–Trinajstić information content (AvgIpc) is 3.05. The Kier molecular flexibility index (Phi) is 6.06. The van der Waals surface area contributed by atoms with Crippen LogP contribution in [0.15, 0.2) is 42.9 Å². The van der Waals surface area contributed by atoms with Crippen molar-refractivity contribution in [1.29, 1.82) is 0 Å². The number of carbonyl (C=O) groups is 1. The zero-order valence-electron chi connectivity index (χ0n) is 15.9. The lowest BCUT2D eigenvalue weighted by Crippen LogP contribution is -2.49. The van der Waals surface area contributed by atoms with Gasteiger partial charge in [-0.15, -0.1) is 0 Å². The predicted molar refractivity (Wildman–Crippen MR) is 107 cm³/mol. The normalized spacial score (nSPS) is 13.4. The van der Waals surface area contributed by atoms with Gasteiger partial charge in [0.15, 0.2) is 5.82 Å². The molecule has 1 amide bonds. The molecule has 1 aliphatic heterocycles. The molecule has 3 aromatic rings. The van der Waals surface area contributed by atoms with E-state index in [1.165, 1.54) is 12.1 Å². The molecule has 3 heterocycles. The standard InChI is InChI=1S/C19H19F2N5.CH3NO/c1-12-7-25(11-23-12)8-13-9-26(10-13)19-17(22)4-5-18(24-19)15-3-2-14(20)6-16(15)21;2-1-3/h2-7,11,13H,8-10,22H2,1H3;1H,(H2,2,3). The molecular weight excluding hydrogens is 378 g/mol. The van der Waals surface area contributed by atoms with Gasteiger partial charge in [-0.25, -0.2) is 18.7 Å². The van der Waals surface area contributed by atoms with Gasteiger partial charge in [0.2, 0.25) is 6.41 Å². The molecule has 2 aromatic heterocycles. The lowest BCUT2D eigenvalue weighted by atomic mass is 9.99. The van der Waals surface area contributed by atoms with Gasteiger partial charge < -0.3 is 20.9 Å². The van der Waals surface area contributed by atoms with Crippen LogP contribution in [0.1, 0.15) is 5.69 Å². The Hall–Kier alpha value is -3.49. The van der Waals surface area contributed by atoms with E-state index in [1.807, 2.05) is 19.4 Å². The van der Waals surface area contributed by atoms with Gasteiger partial charge in [0.05, 0.1) is 23.4 Å². The number of hydrogen-bond donors (Lipinski definition) is 2. The fourth-order valence-corrected chi connectivity index (χ4v) is 3.29. The summed E-state index contributed by atoms with van der Waals surface area (Å²) in [5.74, 6) is -0.118. The van der Waals surface area contributed by atoms with E-state index in [0.29, 0.717) is 23.1 Å². The van der Waals surface area contributed by atoms with Crippen LogP contribution in [-0.4, -0.2) is 34.0 Å². The first-order valence-corrected chi connectivity index (χ1v) is 9.02. The summed E-state index contributed by atoms with van der Waals surface area (Å²) in [7, 11) is 0. The Morgan fingerprint density at radius 1 is 1.24 bits per heavy atom. The molecule has 1 saturated heterocycles. The van der Waals surface area contributed by atoms with Crippen molar-refractivity contribution in [2.75, 3.05) is 23.7 Å². The van der Waals surface area contributed by atoms with Gasteiger partial charge in [0.1, 0.15) is 11.6 Å². The summed E-state index contributed by atoms with van der Waals surface area (Å²) >= 11 is 0. The van der Waals surface area contributed by atoms with Crippen molar-refractivity contribution in [2.45, 2.75) is 13.5 Å². The molecule has 9 heteroatoms. The van der Waals surface area contributed by atoms with Crippen LogP contribution in [0.2, 0.25) is 0 Å². The smallest absolute Gasteiger partial charge is 0.204 e. The van der Waals surface area contributed by atoms with Crippen molar-refractivity contribution in [3.8, 4) is 11.3 Å². The van der Waals surface area contributed by atoms with Gasteiger partial charge in [-0.3, -0.25) is 4.79 Å². The largest absolute Gasteiger partial charge is 0.396 e. The number of imidazole rings is 1. The number of pyridine rings is 1. The maximum absolute atomic E-state index is 14.0. The van der Waals surface area contributed by atoms with E-state index in [4.69, 9.17) is 10.5 Å². The summed E-state index contributed by atoms with van der Waals surface area (Å²) in [4.78, 5) is 19.4. The number of amides is 1. The minimum atomic E-state index is -0.634. The average molecular weight is 400 g/mol. The third-order valence-corrected chi connectivity index (χ3v) is 4.60. The number of carbonyl (C=O) groups excluding carboxylic acids is 1. The van der Waals surface area contributed by atoms with Gasteiger partial charge in [-0.2, -0.15) is 0 Å². The minimum Gasteiger partial charge on any atom is -0.396 e. The van der Waals surface area contributed by atoms with E-state index in [0.717, 1.165) is 31.4 Å². The number of nitrogens with two attached hydrogens (primary N) is 2. The Morgan fingerprint density at radius 2 is 1.97 bits per heavy atom. The predicted octanol–water partition coefficient (Wildman–Crippen LogP) is 2.35. The summed E-state index contributed by atoms with van der Waals surface area (Å²) < 4.78 is 29.2. The summed E-state index contributed by atoms with van der Waals surface area (Å²) in [6.07, 6.45) is 4.11. The van der Waals surface area contributed by atoms with E-state index in [9.17, 15) is 8.78 Å². The molecule has 29 heavy (non-hydrogen) atoms. The molecule has 4 N–H and O–H groups in total. The number of aromatic nitrogens is 3. The van der Waals surface area contributed by atoms with Crippen LogP contribution in [0, 0.1) is 24.5 Å². The highest BCUT2D eigenvalue weighted by Gasteiger charge is 2.29. The molecule has 1 aromatic carbocycles.